The predicted molar refractivity (Wildman–Crippen MR) is 152 cm³/mol. The van der Waals surface area contributed by atoms with E-state index in [2.05, 4.69) is 38.3 Å². The molecule has 4 nitrogen and oxygen atoms in total. The Balaban J connectivity index is 1.77. The van der Waals surface area contributed by atoms with Crippen molar-refractivity contribution in [1.29, 1.82) is 0 Å². The van der Waals surface area contributed by atoms with Crippen LogP contribution in [0, 0.1) is 0 Å². The molecule has 0 unspecified atom stereocenters. The molecular weight excluding hydrogens is 432 g/mol. The summed E-state index contributed by atoms with van der Waals surface area (Å²) in [5, 5.41) is 7.61. The first kappa shape index (κ1) is 32.2. The molecule has 1 aliphatic heterocycles. The van der Waals surface area contributed by atoms with E-state index in [-0.39, 0.29) is 17.0 Å². The Morgan fingerprint density at radius 1 is 0.743 bits per heavy atom. The van der Waals surface area contributed by atoms with Crippen LogP contribution in [0.1, 0.15) is 150 Å². The van der Waals surface area contributed by atoms with E-state index in [1.54, 1.807) is 6.08 Å². The van der Waals surface area contributed by atoms with Crippen molar-refractivity contribution < 1.29 is 9.53 Å². The van der Waals surface area contributed by atoms with Crippen molar-refractivity contribution in [1.82, 2.24) is 10.6 Å². The second kappa shape index (κ2) is 19.3. The first-order chi connectivity index (χ1) is 16.7. The number of carbonyl (C=O) groups is 1. The molecule has 1 fully saturated rings. The first-order valence-corrected chi connectivity index (χ1v) is 15.1. The highest BCUT2D eigenvalue weighted by Gasteiger charge is 2.37. The zero-order chi connectivity index (χ0) is 25.8. The third kappa shape index (κ3) is 19.0. The summed E-state index contributed by atoms with van der Waals surface area (Å²) in [5.41, 5.74) is 0.483. The van der Waals surface area contributed by atoms with E-state index in [4.69, 9.17) is 4.74 Å². The second-order valence-electron chi connectivity index (χ2n) is 12.3. The standard InChI is InChI=1S/C31H60N2O2/c1-6-23-29(34)35-25-22-20-18-16-14-12-10-8-7-9-11-13-15-17-19-21-24-32-28-26-30(2,3)33-31(4,5)27-28/h6,23,28,32-33H,7-22,24-27H2,1-5H3. The summed E-state index contributed by atoms with van der Waals surface area (Å²) < 4.78 is 5.11. The second-order valence-corrected chi connectivity index (χ2v) is 12.3. The van der Waals surface area contributed by atoms with Gasteiger partial charge in [0.1, 0.15) is 0 Å². The molecule has 206 valence electrons. The van der Waals surface area contributed by atoms with Crippen LogP contribution in [-0.4, -0.2) is 36.2 Å². The van der Waals surface area contributed by atoms with Gasteiger partial charge in [-0.3, -0.25) is 0 Å². The molecule has 1 rings (SSSR count). The van der Waals surface area contributed by atoms with Gasteiger partial charge in [0.15, 0.2) is 0 Å². The lowest BCUT2D eigenvalue weighted by Crippen LogP contribution is -2.61. The van der Waals surface area contributed by atoms with Crippen LogP contribution in [0.25, 0.3) is 0 Å². The Morgan fingerprint density at radius 2 is 1.14 bits per heavy atom. The summed E-state index contributed by atoms with van der Waals surface area (Å²) in [6, 6.07) is 0.660. The number of piperidine rings is 1. The largest absolute Gasteiger partial charge is 0.463 e. The third-order valence-electron chi connectivity index (χ3n) is 7.24. The van der Waals surface area contributed by atoms with E-state index < -0.39 is 0 Å². The molecule has 1 aliphatic rings. The number of ether oxygens (including phenoxy) is 1. The Hall–Kier alpha value is -0.870. The maximum atomic E-state index is 11.2. The molecule has 0 spiro atoms. The number of rotatable bonds is 21. The van der Waals surface area contributed by atoms with Gasteiger partial charge in [0.2, 0.25) is 0 Å². The SMILES string of the molecule is CC=CC(=O)OCCCCCCCCCCCCCCCCCCNC1CC(C)(C)NC(C)(C)C1. The van der Waals surface area contributed by atoms with Crippen molar-refractivity contribution in [3.8, 4) is 0 Å². The maximum Gasteiger partial charge on any atom is 0.330 e. The Kier molecular flexibility index (Phi) is 17.7. The summed E-state index contributed by atoms with van der Waals surface area (Å²) in [7, 11) is 0. The van der Waals surface area contributed by atoms with Crippen LogP contribution in [0.5, 0.6) is 0 Å². The molecule has 2 N–H and O–H groups in total. The molecule has 0 saturated carbocycles. The highest BCUT2D eigenvalue weighted by atomic mass is 16.5. The minimum Gasteiger partial charge on any atom is -0.463 e. The molecule has 0 aliphatic carbocycles. The van der Waals surface area contributed by atoms with Crippen molar-refractivity contribution in [2.45, 2.75) is 167 Å². The van der Waals surface area contributed by atoms with Crippen LogP contribution in [0.2, 0.25) is 0 Å². The van der Waals surface area contributed by atoms with Crippen molar-refractivity contribution >= 4 is 5.97 Å². The third-order valence-corrected chi connectivity index (χ3v) is 7.24. The van der Waals surface area contributed by atoms with Crippen molar-refractivity contribution in [2.24, 2.45) is 0 Å². The van der Waals surface area contributed by atoms with Gasteiger partial charge in [-0.1, -0.05) is 96.0 Å². The van der Waals surface area contributed by atoms with E-state index in [0.29, 0.717) is 12.6 Å². The monoisotopic (exact) mass is 492 g/mol. The van der Waals surface area contributed by atoms with Crippen LogP contribution in [0.15, 0.2) is 12.2 Å². The summed E-state index contributed by atoms with van der Waals surface area (Å²) in [4.78, 5) is 11.2. The Labute approximate surface area is 218 Å². The molecule has 4 heteroatoms. The van der Waals surface area contributed by atoms with Gasteiger partial charge < -0.3 is 15.4 Å². The van der Waals surface area contributed by atoms with E-state index in [9.17, 15) is 4.79 Å². The highest BCUT2D eigenvalue weighted by molar-refractivity contribution is 5.81. The smallest absolute Gasteiger partial charge is 0.330 e. The molecule has 0 amide bonds. The van der Waals surface area contributed by atoms with Gasteiger partial charge >= 0.3 is 5.97 Å². The number of allylic oxidation sites excluding steroid dienone is 1. The zero-order valence-electron chi connectivity index (χ0n) is 24.2. The van der Waals surface area contributed by atoms with Crippen LogP contribution in [-0.2, 0) is 9.53 Å². The van der Waals surface area contributed by atoms with Gasteiger partial charge in [-0.25, -0.2) is 4.79 Å². The predicted octanol–water partition coefficient (Wildman–Crippen LogP) is 8.25. The summed E-state index contributed by atoms with van der Waals surface area (Å²) in [5.74, 6) is -0.211. The number of hydrogen-bond acceptors (Lipinski definition) is 4. The number of carbonyl (C=O) groups excluding carboxylic acids is 1. The van der Waals surface area contributed by atoms with Crippen molar-refractivity contribution in [2.75, 3.05) is 13.2 Å². The van der Waals surface area contributed by atoms with Gasteiger partial charge in [0.25, 0.3) is 0 Å². The minimum absolute atomic E-state index is 0.211. The molecule has 0 aromatic carbocycles. The number of esters is 1. The number of hydrogen-bond donors (Lipinski definition) is 2. The molecule has 0 aromatic heterocycles. The molecule has 0 atom stereocenters. The van der Waals surface area contributed by atoms with Crippen LogP contribution < -0.4 is 10.6 Å². The molecule has 35 heavy (non-hydrogen) atoms. The average molecular weight is 493 g/mol. The summed E-state index contributed by atoms with van der Waals surface area (Å²) in [6.07, 6.45) is 27.2. The van der Waals surface area contributed by atoms with E-state index in [1.807, 2.05) is 6.92 Å². The normalized spacial score (nSPS) is 17.7. The van der Waals surface area contributed by atoms with Gasteiger partial charge in [-0.05, 0) is 66.8 Å². The average Bonchev–Trinajstić information content (AvgIpc) is 2.76. The molecule has 0 bridgehead atoms. The van der Waals surface area contributed by atoms with E-state index >= 15 is 0 Å². The fraction of sp³-hybridized carbons (Fsp3) is 0.903. The van der Waals surface area contributed by atoms with Crippen molar-refractivity contribution in [3.63, 3.8) is 0 Å². The lowest BCUT2D eigenvalue weighted by molar-refractivity contribution is -0.137. The summed E-state index contributed by atoms with van der Waals surface area (Å²) in [6.45, 7) is 12.9. The van der Waals surface area contributed by atoms with Gasteiger partial charge in [-0.2, -0.15) is 0 Å². The lowest BCUT2D eigenvalue weighted by Gasteiger charge is -2.46. The summed E-state index contributed by atoms with van der Waals surface area (Å²) >= 11 is 0. The van der Waals surface area contributed by atoms with Crippen LogP contribution >= 0.6 is 0 Å². The van der Waals surface area contributed by atoms with Gasteiger partial charge in [-0.15, -0.1) is 0 Å². The maximum absolute atomic E-state index is 11.2. The Bertz CT molecular complexity index is 540. The molecule has 0 radical (unpaired) electrons. The topological polar surface area (TPSA) is 50.4 Å². The first-order valence-electron chi connectivity index (χ1n) is 15.1. The quantitative estimate of drug-likeness (QED) is 0.0962. The molecule has 1 saturated heterocycles. The Morgan fingerprint density at radius 3 is 1.57 bits per heavy atom. The fourth-order valence-corrected chi connectivity index (χ4v) is 5.83. The zero-order valence-corrected chi connectivity index (χ0v) is 24.2. The van der Waals surface area contributed by atoms with Gasteiger partial charge in [0, 0.05) is 23.2 Å². The minimum atomic E-state index is -0.211. The lowest BCUT2D eigenvalue weighted by atomic mass is 9.79. The number of nitrogens with one attached hydrogen (secondary N) is 2. The van der Waals surface area contributed by atoms with Crippen molar-refractivity contribution in [3.05, 3.63) is 12.2 Å². The van der Waals surface area contributed by atoms with E-state index in [1.165, 1.54) is 122 Å². The fourth-order valence-electron chi connectivity index (χ4n) is 5.83. The molecule has 1 heterocycles. The van der Waals surface area contributed by atoms with Crippen LogP contribution in [0.4, 0.5) is 0 Å². The molecular formula is C31H60N2O2. The molecule has 0 aromatic rings. The highest BCUT2D eigenvalue weighted by Crippen LogP contribution is 2.28. The van der Waals surface area contributed by atoms with E-state index in [0.717, 1.165) is 6.42 Å². The van der Waals surface area contributed by atoms with Crippen LogP contribution in [0.3, 0.4) is 0 Å². The van der Waals surface area contributed by atoms with Gasteiger partial charge in [0.05, 0.1) is 6.61 Å². The number of unbranched alkanes of at least 4 members (excludes halogenated alkanes) is 15.